The molecule has 3 N–H and O–H groups in total. The number of aliphatic hydroxyl groups is 2. The zero-order valence-electron chi connectivity index (χ0n) is 13.9. The van der Waals surface area contributed by atoms with Crippen LogP contribution in [0.5, 0.6) is 11.5 Å². The molecule has 0 unspecified atom stereocenters. The Morgan fingerprint density at radius 2 is 1.74 bits per heavy atom. The molecule has 0 saturated heterocycles. The summed E-state index contributed by atoms with van der Waals surface area (Å²) in [6.45, 7) is 6.38. The van der Waals surface area contributed by atoms with Gasteiger partial charge in [-0.1, -0.05) is 0 Å². The Bertz CT molecular complexity index is 678. The molecule has 0 spiro atoms. The molecule has 1 aliphatic carbocycles. The van der Waals surface area contributed by atoms with Crippen LogP contribution in [0.3, 0.4) is 0 Å². The van der Waals surface area contributed by atoms with E-state index >= 15 is 0 Å². The van der Waals surface area contributed by atoms with Crippen molar-refractivity contribution >= 4 is 5.78 Å². The Morgan fingerprint density at radius 1 is 1.13 bits per heavy atom. The first-order valence-electron chi connectivity index (χ1n) is 7.27. The molecule has 0 amide bonds. The van der Waals surface area contributed by atoms with Crippen LogP contribution in [-0.2, 0) is 9.53 Å². The van der Waals surface area contributed by atoms with E-state index in [0.717, 1.165) is 5.56 Å². The highest BCUT2D eigenvalue weighted by molar-refractivity contribution is 6.01. The zero-order valence-corrected chi connectivity index (χ0v) is 13.9. The summed E-state index contributed by atoms with van der Waals surface area (Å²) in [4.78, 5) is 12.2. The fourth-order valence-corrected chi connectivity index (χ4v) is 2.59. The Morgan fingerprint density at radius 3 is 2.30 bits per heavy atom. The van der Waals surface area contributed by atoms with Gasteiger partial charge in [0.05, 0.1) is 0 Å². The van der Waals surface area contributed by atoms with E-state index in [2.05, 4.69) is 0 Å². The van der Waals surface area contributed by atoms with Gasteiger partial charge in [-0.25, -0.2) is 0 Å². The molecule has 2 rings (SSSR count). The zero-order chi connectivity index (χ0) is 17.5. The van der Waals surface area contributed by atoms with Crippen molar-refractivity contribution in [2.24, 2.45) is 0 Å². The summed E-state index contributed by atoms with van der Waals surface area (Å²) >= 11 is 0. The summed E-state index contributed by atoms with van der Waals surface area (Å²) in [6, 6.07) is 3.29. The van der Waals surface area contributed by atoms with Gasteiger partial charge in [-0.05, 0) is 45.4 Å². The number of Topliss-reactive ketones (excluding diaryl/α,β-unsaturated/α-hetero) is 1. The number of ketones is 1. The van der Waals surface area contributed by atoms with Crippen molar-refractivity contribution in [3.8, 4) is 11.5 Å². The van der Waals surface area contributed by atoms with Gasteiger partial charge < -0.3 is 24.8 Å². The SMILES string of the molecule is CO[C@]1(C)[C@@H](O)C(=O)C(C)=C(Oc2cc(C)cc(O)c2C)[C@@H]1O. The first-order valence-corrected chi connectivity index (χ1v) is 7.27. The lowest BCUT2D eigenvalue weighted by Gasteiger charge is -2.41. The van der Waals surface area contributed by atoms with Crippen LogP contribution in [0.15, 0.2) is 23.5 Å². The number of methoxy groups -OCH3 is 1. The predicted octanol–water partition coefficient (Wildman–Crippen LogP) is 1.37. The number of rotatable bonds is 3. The van der Waals surface area contributed by atoms with Gasteiger partial charge in [0, 0.05) is 18.2 Å². The lowest BCUT2D eigenvalue weighted by Crippen LogP contribution is -2.59. The van der Waals surface area contributed by atoms with Crippen LogP contribution >= 0.6 is 0 Å². The molecule has 0 heterocycles. The Labute approximate surface area is 135 Å². The highest BCUT2D eigenvalue weighted by Crippen LogP contribution is 2.37. The van der Waals surface area contributed by atoms with Gasteiger partial charge in [0.1, 0.15) is 35.1 Å². The summed E-state index contributed by atoms with van der Waals surface area (Å²) in [6.07, 6.45) is -2.82. The molecule has 126 valence electrons. The van der Waals surface area contributed by atoms with Gasteiger partial charge in [0.2, 0.25) is 0 Å². The highest BCUT2D eigenvalue weighted by Gasteiger charge is 2.52. The molecule has 0 saturated carbocycles. The topological polar surface area (TPSA) is 96.2 Å². The van der Waals surface area contributed by atoms with Gasteiger partial charge >= 0.3 is 0 Å². The van der Waals surface area contributed by atoms with Crippen molar-refractivity contribution < 1.29 is 29.6 Å². The van der Waals surface area contributed by atoms with Crippen molar-refractivity contribution in [2.75, 3.05) is 7.11 Å². The molecule has 23 heavy (non-hydrogen) atoms. The van der Waals surface area contributed by atoms with E-state index in [1.165, 1.54) is 21.0 Å². The first kappa shape index (κ1) is 17.5. The standard InChI is InChI=1S/C17H22O6/c1-8-6-11(18)9(2)12(7-8)23-14-10(3)13(19)15(20)17(4,22-5)16(14)21/h6-7,15-16,18,20-21H,1-5H3/t15-,16-,17+/m0/s1. The minimum atomic E-state index is -1.51. The molecular weight excluding hydrogens is 300 g/mol. The average molecular weight is 322 g/mol. The third-order valence-electron chi connectivity index (χ3n) is 4.46. The van der Waals surface area contributed by atoms with E-state index in [0.29, 0.717) is 11.3 Å². The number of carbonyl (C=O) groups excluding carboxylic acids is 1. The minimum absolute atomic E-state index is 0.0118. The molecule has 0 fully saturated rings. The molecule has 0 aromatic heterocycles. The summed E-state index contributed by atoms with van der Waals surface area (Å²) < 4.78 is 10.9. The number of phenolic OH excluding ortho intramolecular Hbond substituents is 1. The van der Waals surface area contributed by atoms with Gasteiger partial charge in [0.15, 0.2) is 5.78 Å². The van der Waals surface area contributed by atoms with E-state index in [1.807, 2.05) is 0 Å². The van der Waals surface area contributed by atoms with Crippen molar-refractivity contribution in [3.63, 3.8) is 0 Å². The second kappa shape index (κ2) is 5.96. The van der Waals surface area contributed by atoms with Crippen molar-refractivity contribution in [1.29, 1.82) is 0 Å². The molecule has 6 heteroatoms. The number of aromatic hydroxyl groups is 1. The van der Waals surface area contributed by atoms with Crippen LogP contribution < -0.4 is 4.74 Å². The number of ether oxygens (including phenoxy) is 2. The summed E-state index contributed by atoms with van der Waals surface area (Å²) in [5.74, 6) is -0.162. The van der Waals surface area contributed by atoms with Crippen LogP contribution in [0.1, 0.15) is 25.0 Å². The van der Waals surface area contributed by atoms with E-state index in [1.54, 1.807) is 26.0 Å². The molecule has 6 nitrogen and oxygen atoms in total. The maximum atomic E-state index is 12.2. The number of hydrogen-bond donors (Lipinski definition) is 3. The van der Waals surface area contributed by atoms with Crippen LogP contribution in [0.4, 0.5) is 0 Å². The maximum absolute atomic E-state index is 12.2. The molecule has 0 aliphatic heterocycles. The lowest BCUT2D eigenvalue weighted by molar-refractivity contribution is -0.170. The Balaban J connectivity index is 2.52. The summed E-state index contributed by atoms with van der Waals surface area (Å²) in [5, 5.41) is 30.5. The second-order valence-electron chi connectivity index (χ2n) is 6.06. The number of phenols is 1. The van der Waals surface area contributed by atoms with Gasteiger partial charge in [-0.3, -0.25) is 4.79 Å². The van der Waals surface area contributed by atoms with Crippen molar-refractivity contribution in [1.82, 2.24) is 0 Å². The molecule has 1 aromatic carbocycles. The largest absolute Gasteiger partial charge is 0.508 e. The molecule has 1 aliphatic rings. The van der Waals surface area contributed by atoms with Crippen LogP contribution in [0.2, 0.25) is 0 Å². The summed E-state index contributed by atoms with van der Waals surface area (Å²) in [5.41, 5.74) is -0.126. The smallest absolute Gasteiger partial charge is 0.193 e. The van der Waals surface area contributed by atoms with Crippen LogP contribution in [0, 0.1) is 13.8 Å². The molecule has 1 aromatic rings. The minimum Gasteiger partial charge on any atom is -0.508 e. The second-order valence-corrected chi connectivity index (χ2v) is 6.06. The maximum Gasteiger partial charge on any atom is 0.193 e. The van der Waals surface area contributed by atoms with E-state index in [9.17, 15) is 20.1 Å². The molecule has 0 bridgehead atoms. The van der Waals surface area contributed by atoms with E-state index in [4.69, 9.17) is 9.47 Å². The molecular formula is C17H22O6. The molecule has 0 radical (unpaired) electrons. The first-order chi connectivity index (χ1) is 10.6. The number of aliphatic hydroxyl groups excluding tert-OH is 2. The normalized spacial score (nSPS) is 28.2. The number of benzene rings is 1. The third kappa shape index (κ3) is 2.73. The van der Waals surface area contributed by atoms with Crippen LogP contribution in [-0.4, -0.2) is 46.0 Å². The molecule has 3 atom stereocenters. The monoisotopic (exact) mass is 322 g/mol. The predicted molar refractivity (Wildman–Crippen MR) is 83.3 cm³/mol. The van der Waals surface area contributed by atoms with Gasteiger partial charge in [-0.15, -0.1) is 0 Å². The highest BCUT2D eigenvalue weighted by atomic mass is 16.5. The third-order valence-corrected chi connectivity index (χ3v) is 4.46. The lowest BCUT2D eigenvalue weighted by atomic mass is 9.80. The van der Waals surface area contributed by atoms with E-state index < -0.39 is 23.6 Å². The Kier molecular flexibility index (Phi) is 4.52. The van der Waals surface area contributed by atoms with E-state index in [-0.39, 0.29) is 17.1 Å². The average Bonchev–Trinajstić information content (AvgIpc) is 2.52. The van der Waals surface area contributed by atoms with Crippen molar-refractivity contribution in [2.45, 2.75) is 45.5 Å². The number of hydrogen-bond acceptors (Lipinski definition) is 6. The quantitative estimate of drug-likeness (QED) is 0.778. The van der Waals surface area contributed by atoms with Crippen molar-refractivity contribution in [3.05, 3.63) is 34.6 Å². The van der Waals surface area contributed by atoms with Gasteiger partial charge in [0.25, 0.3) is 0 Å². The number of carbonyl (C=O) groups is 1. The van der Waals surface area contributed by atoms with Crippen LogP contribution in [0.25, 0.3) is 0 Å². The Hall–Kier alpha value is -1.89. The number of aryl methyl sites for hydroxylation is 1. The summed E-state index contributed by atoms with van der Waals surface area (Å²) in [7, 11) is 1.31. The fraction of sp³-hybridized carbons (Fsp3) is 0.471. The fourth-order valence-electron chi connectivity index (χ4n) is 2.59. The van der Waals surface area contributed by atoms with Gasteiger partial charge in [-0.2, -0.15) is 0 Å².